The van der Waals surface area contributed by atoms with Crippen LogP contribution in [0.3, 0.4) is 0 Å². The number of hydrogen-bond acceptors (Lipinski definition) is 1. The van der Waals surface area contributed by atoms with E-state index in [4.69, 9.17) is 22.0 Å². The van der Waals surface area contributed by atoms with E-state index in [1.807, 2.05) is 19.1 Å². The Morgan fingerprint density at radius 3 is 2.29 bits per heavy atom. The number of benzene rings is 3. The van der Waals surface area contributed by atoms with Gasteiger partial charge in [0.05, 0.1) is 21.7 Å². The van der Waals surface area contributed by atoms with Crippen molar-refractivity contribution in [3.8, 4) is 22.4 Å². The van der Waals surface area contributed by atoms with Crippen LogP contribution in [0.4, 0.5) is 5.69 Å². The van der Waals surface area contributed by atoms with Crippen molar-refractivity contribution in [3.63, 3.8) is 0 Å². The molecule has 174 valence electrons. The smallest absolute Gasteiger partial charge is 0.216 e. The van der Waals surface area contributed by atoms with Crippen LogP contribution >= 0.6 is 0 Å². The molecule has 3 heteroatoms. The van der Waals surface area contributed by atoms with Crippen molar-refractivity contribution >= 4 is 27.6 Å². The molecular weight excluding hydrogens is 428 g/mol. The molecule has 0 bridgehead atoms. The van der Waals surface area contributed by atoms with Gasteiger partial charge in [-0.15, -0.1) is 0 Å². The third-order valence-corrected chi connectivity index (χ3v) is 5.99. The third-order valence-electron chi connectivity index (χ3n) is 5.99. The standard InChI is InChI=1S/C32H31N2O/c1-20-13-14-24-25-15-16-26(33-6)29(23-11-9-8-10-12-23)31(25)35-30(24)28(20)27-18-22(19-32(3,4)5)17-21(2)34(27)7/h8-18H,19H2,1-5,7H3/q+1/i8D,9D,10D,11D,12D,17D,18D,19D2. The van der Waals surface area contributed by atoms with E-state index in [1.54, 1.807) is 45.4 Å². The summed E-state index contributed by atoms with van der Waals surface area (Å²) >= 11 is 0. The van der Waals surface area contributed by atoms with E-state index < -0.39 is 42.0 Å². The number of nitrogens with zero attached hydrogens (tertiary/aromatic N) is 2. The Bertz CT molecular complexity index is 2070. The van der Waals surface area contributed by atoms with Crippen molar-refractivity contribution in [2.75, 3.05) is 0 Å². The summed E-state index contributed by atoms with van der Waals surface area (Å²) < 4.78 is 85.9. The highest BCUT2D eigenvalue weighted by atomic mass is 16.3. The van der Waals surface area contributed by atoms with Gasteiger partial charge in [-0.05, 0) is 35.4 Å². The largest absolute Gasteiger partial charge is 0.456 e. The van der Waals surface area contributed by atoms with Gasteiger partial charge >= 0.3 is 0 Å². The normalized spacial score (nSPS) is 15.9. The first-order valence-corrected chi connectivity index (χ1v) is 11.3. The lowest BCUT2D eigenvalue weighted by atomic mass is 9.87. The van der Waals surface area contributed by atoms with Crippen LogP contribution in [0.1, 0.15) is 49.9 Å². The molecule has 3 nitrogen and oxygen atoms in total. The van der Waals surface area contributed by atoms with E-state index in [9.17, 15) is 1.37 Å². The molecule has 0 atom stereocenters. The molecule has 0 amide bonds. The molecular formula is C32H31N2O+. The van der Waals surface area contributed by atoms with Crippen LogP contribution in [0.25, 0.3) is 49.2 Å². The summed E-state index contributed by atoms with van der Waals surface area (Å²) in [5.41, 5.74) is 1.54. The minimum absolute atomic E-state index is 0.0294. The maximum atomic E-state index is 9.30. The molecule has 0 aliphatic rings. The summed E-state index contributed by atoms with van der Waals surface area (Å²) in [6, 6.07) is 4.18. The number of fused-ring (bicyclic) bond motifs is 3. The Kier molecular flexibility index (Phi) is 3.48. The average molecular weight is 469 g/mol. The van der Waals surface area contributed by atoms with Crippen molar-refractivity contribution < 1.29 is 21.3 Å². The second-order valence-electron chi connectivity index (χ2n) is 9.68. The topological polar surface area (TPSA) is 21.4 Å². The Balaban J connectivity index is 1.98. The van der Waals surface area contributed by atoms with Gasteiger partial charge < -0.3 is 4.42 Å². The summed E-state index contributed by atoms with van der Waals surface area (Å²) in [5, 5.41) is 1.15. The molecule has 0 saturated heterocycles. The quantitative estimate of drug-likeness (QED) is 0.192. The fraction of sp³-hybridized carbons (Fsp3) is 0.250. The van der Waals surface area contributed by atoms with Gasteiger partial charge in [0.25, 0.3) is 0 Å². The summed E-state index contributed by atoms with van der Waals surface area (Å²) in [7, 11) is 1.72. The van der Waals surface area contributed by atoms with Crippen molar-refractivity contribution in [2.45, 2.75) is 41.0 Å². The van der Waals surface area contributed by atoms with E-state index in [-0.39, 0.29) is 40.0 Å². The molecule has 0 aliphatic carbocycles. The zero-order chi connectivity index (χ0) is 32.8. The molecule has 0 saturated carbocycles. The van der Waals surface area contributed by atoms with Gasteiger partial charge in [-0.25, -0.2) is 4.85 Å². The first kappa shape index (κ1) is 14.5. The second kappa shape index (κ2) is 8.40. The summed E-state index contributed by atoms with van der Waals surface area (Å²) in [6.07, 6.45) is -2.02. The van der Waals surface area contributed by atoms with Crippen LogP contribution in [0.2, 0.25) is 0 Å². The van der Waals surface area contributed by atoms with Gasteiger partial charge in [-0.2, -0.15) is 4.57 Å². The lowest BCUT2D eigenvalue weighted by Gasteiger charge is -2.18. The van der Waals surface area contributed by atoms with Gasteiger partial charge in [-0.1, -0.05) is 75.2 Å². The predicted molar refractivity (Wildman–Crippen MR) is 145 cm³/mol. The second-order valence-corrected chi connectivity index (χ2v) is 9.68. The highest BCUT2D eigenvalue weighted by Gasteiger charge is 2.25. The third kappa shape index (κ3) is 4.00. The fourth-order valence-corrected chi connectivity index (χ4v) is 4.33. The van der Waals surface area contributed by atoms with E-state index in [2.05, 4.69) is 4.85 Å². The van der Waals surface area contributed by atoms with E-state index in [0.29, 0.717) is 33.3 Å². The monoisotopic (exact) mass is 468 g/mol. The molecule has 0 spiro atoms. The van der Waals surface area contributed by atoms with Crippen molar-refractivity contribution in [1.29, 1.82) is 0 Å². The van der Waals surface area contributed by atoms with E-state index in [1.165, 1.54) is 6.07 Å². The molecule has 0 aliphatic heterocycles. The highest BCUT2D eigenvalue weighted by molar-refractivity contribution is 6.15. The van der Waals surface area contributed by atoms with Gasteiger partial charge in [-0.3, -0.25) is 0 Å². The predicted octanol–water partition coefficient (Wildman–Crippen LogP) is 8.50. The van der Waals surface area contributed by atoms with E-state index in [0.717, 1.165) is 5.56 Å². The first-order chi connectivity index (χ1) is 20.4. The summed E-state index contributed by atoms with van der Waals surface area (Å²) in [4.78, 5) is 3.60. The van der Waals surface area contributed by atoms with Crippen LogP contribution in [-0.2, 0) is 13.4 Å². The number of rotatable bonds is 3. The summed E-state index contributed by atoms with van der Waals surface area (Å²) in [6.45, 7) is 16.6. The zero-order valence-corrected chi connectivity index (χ0v) is 20.6. The highest BCUT2D eigenvalue weighted by Crippen LogP contribution is 2.44. The van der Waals surface area contributed by atoms with Crippen molar-refractivity contribution in [2.24, 2.45) is 12.5 Å². The maximum absolute atomic E-state index is 9.30. The molecule has 0 N–H and O–H groups in total. The average Bonchev–Trinajstić information content (AvgIpc) is 3.33. The van der Waals surface area contributed by atoms with Gasteiger partial charge in [0.15, 0.2) is 11.4 Å². The van der Waals surface area contributed by atoms with Gasteiger partial charge in [0.2, 0.25) is 5.69 Å². The minimum atomic E-state index is -2.02. The molecule has 5 rings (SSSR count). The fourth-order valence-electron chi connectivity index (χ4n) is 4.33. The van der Waals surface area contributed by atoms with Crippen LogP contribution in [0, 0.1) is 25.8 Å². The molecule has 0 unspecified atom stereocenters. The lowest BCUT2D eigenvalue weighted by Crippen LogP contribution is -2.35. The molecule has 35 heavy (non-hydrogen) atoms. The van der Waals surface area contributed by atoms with Crippen LogP contribution in [0.15, 0.2) is 71.0 Å². The number of aryl methyl sites for hydroxylation is 1. The Hall–Kier alpha value is -3.90. The number of hydrogen-bond donors (Lipinski definition) is 0. The molecule has 0 radical (unpaired) electrons. The van der Waals surface area contributed by atoms with Crippen molar-refractivity contribution in [3.05, 3.63) is 94.8 Å². The van der Waals surface area contributed by atoms with Gasteiger partial charge in [0, 0.05) is 38.1 Å². The molecule has 0 fully saturated rings. The van der Waals surface area contributed by atoms with Crippen LogP contribution in [0.5, 0.6) is 0 Å². The first-order valence-electron chi connectivity index (χ1n) is 15.8. The van der Waals surface area contributed by atoms with Crippen molar-refractivity contribution in [1.82, 2.24) is 0 Å². The Labute approximate surface area is 220 Å². The number of pyridine rings is 1. The van der Waals surface area contributed by atoms with Crippen LogP contribution in [-0.4, -0.2) is 0 Å². The lowest BCUT2D eigenvalue weighted by molar-refractivity contribution is -0.666. The molecule has 5 aromatic rings. The molecule has 3 aromatic carbocycles. The zero-order valence-electron chi connectivity index (χ0n) is 29.6. The maximum Gasteiger partial charge on any atom is 0.216 e. The SMILES string of the molecule is [2H]c1c([2H])c([2H])c(-c2c([N+]#[C-])ccc3c2oc2c(-c4c([2H])c(C([2H])([2H])C(C)(C)C)c([2H])c(C)[n+]4C)c(C)ccc23)c([2H])c1[2H]. The Morgan fingerprint density at radius 2 is 1.63 bits per heavy atom. The Morgan fingerprint density at radius 1 is 0.971 bits per heavy atom. The number of aromatic nitrogens is 1. The van der Waals surface area contributed by atoms with Crippen LogP contribution < -0.4 is 4.57 Å². The minimum Gasteiger partial charge on any atom is -0.456 e. The summed E-state index contributed by atoms with van der Waals surface area (Å²) in [5.74, 6) is 0. The molecule has 2 heterocycles. The van der Waals surface area contributed by atoms with E-state index >= 15 is 0 Å². The van der Waals surface area contributed by atoms with Gasteiger partial charge in [0.1, 0.15) is 18.2 Å². The molecule has 2 aromatic heterocycles. The number of furan rings is 1.